The summed E-state index contributed by atoms with van der Waals surface area (Å²) in [4.78, 5) is 0. The molecule has 0 aromatic heterocycles. The van der Waals surface area contributed by atoms with Crippen LogP contribution in [0.4, 0.5) is 0 Å². The summed E-state index contributed by atoms with van der Waals surface area (Å²) in [5.74, 6) is 0.809. The molecule has 0 saturated carbocycles. The first-order chi connectivity index (χ1) is 5.36. The van der Waals surface area contributed by atoms with Crippen molar-refractivity contribution in [2.45, 2.75) is 6.61 Å². The van der Waals surface area contributed by atoms with Crippen molar-refractivity contribution in [3.05, 3.63) is 29.8 Å². The third-order valence-electron chi connectivity index (χ3n) is 1.51. The highest BCUT2D eigenvalue weighted by Crippen LogP contribution is 2.23. The predicted molar refractivity (Wildman–Crippen MR) is 44.5 cm³/mol. The lowest BCUT2D eigenvalue weighted by Gasteiger charge is -2.17. The highest BCUT2D eigenvalue weighted by Gasteiger charge is 2.13. The van der Waals surface area contributed by atoms with E-state index < -0.39 is 0 Å². The smallest absolute Gasteiger partial charge is 0.358 e. The second kappa shape index (κ2) is 2.51. The maximum Gasteiger partial charge on any atom is 0.358 e. The van der Waals surface area contributed by atoms with Crippen molar-refractivity contribution in [2.24, 2.45) is 0 Å². The lowest BCUT2D eigenvalue weighted by atomic mass is 10.2. The molecule has 1 aromatic rings. The largest absolute Gasteiger partial charge is 0.452 e. The molecule has 1 aromatic carbocycles. The van der Waals surface area contributed by atoms with E-state index in [0.717, 1.165) is 11.3 Å². The minimum atomic E-state index is 0.212. The Labute approximate surface area is 69.7 Å². The summed E-state index contributed by atoms with van der Waals surface area (Å²) in [5, 5.41) is 0.212. The van der Waals surface area contributed by atoms with Gasteiger partial charge in [-0.2, -0.15) is 0 Å². The van der Waals surface area contributed by atoms with Crippen LogP contribution in [-0.2, 0) is 11.3 Å². The number of rotatable bonds is 0. The molecule has 0 radical (unpaired) electrons. The van der Waals surface area contributed by atoms with E-state index in [-0.39, 0.29) is 5.24 Å². The molecule has 11 heavy (non-hydrogen) atoms. The van der Waals surface area contributed by atoms with E-state index in [1.54, 1.807) is 0 Å². The standard InChI is InChI=1S/C8H6O2S/c11-8-9-5-6-3-1-2-4-7(6)10-8/h1-4H,5H2. The molecule has 0 bridgehead atoms. The maximum absolute atomic E-state index is 5.14. The van der Waals surface area contributed by atoms with Crippen LogP contribution in [0.5, 0.6) is 5.75 Å². The predicted octanol–water partition coefficient (Wildman–Crippen LogP) is 1.88. The molecule has 1 aliphatic rings. The van der Waals surface area contributed by atoms with Crippen LogP contribution in [0.15, 0.2) is 24.3 Å². The van der Waals surface area contributed by atoms with Crippen molar-refractivity contribution in [1.29, 1.82) is 0 Å². The normalized spacial score (nSPS) is 14.7. The molecule has 1 aliphatic heterocycles. The van der Waals surface area contributed by atoms with Crippen LogP contribution < -0.4 is 4.74 Å². The van der Waals surface area contributed by atoms with Gasteiger partial charge in [0.2, 0.25) is 0 Å². The zero-order valence-electron chi connectivity index (χ0n) is 5.74. The third-order valence-corrected chi connectivity index (χ3v) is 1.71. The molecule has 0 unspecified atom stereocenters. The van der Waals surface area contributed by atoms with Crippen molar-refractivity contribution >= 4 is 17.5 Å². The first kappa shape index (κ1) is 6.61. The number of ether oxygens (including phenoxy) is 2. The molecule has 2 nitrogen and oxygen atoms in total. The van der Waals surface area contributed by atoms with Crippen LogP contribution in [0.2, 0.25) is 0 Å². The van der Waals surface area contributed by atoms with Crippen LogP contribution in [0.3, 0.4) is 0 Å². The zero-order valence-corrected chi connectivity index (χ0v) is 6.56. The zero-order chi connectivity index (χ0) is 7.68. The number of hydrogen-bond donors (Lipinski definition) is 0. The molecule has 2 rings (SSSR count). The first-order valence-corrected chi connectivity index (χ1v) is 3.69. The Hall–Kier alpha value is -1.09. The Morgan fingerprint density at radius 1 is 1.27 bits per heavy atom. The Morgan fingerprint density at radius 2 is 2.09 bits per heavy atom. The van der Waals surface area contributed by atoms with E-state index in [0.29, 0.717) is 6.61 Å². The van der Waals surface area contributed by atoms with E-state index in [1.165, 1.54) is 0 Å². The van der Waals surface area contributed by atoms with Gasteiger partial charge in [0.25, 0.3) is 0 Å². The molecule has 56 valence electrons. The quantitative estimate of drug-likeness (QED) is 0.548. The lowest BCUT2D eigenvalue weighted by molar-refractivity contribution is 0.210. The molecule has 3 heteroatoms. The van der Waals surface area contributed by atoms with Crippen LogP contribution >= 0.6 is 12.2 Å². The summed E-state index contributed by atoms with van der Waals surface area (Å²) in [6.07, 6.45) is 0. The second-order valence-electron chi connectivity index (χ2n) is 2.25. The highest BCUT2D eigenvalue weighted by atomic mass is 32.1. The summed E-state index contributed by atoms with van der Waals surface area (Å²) >= 11 is 4.74. The number of benzene rings is 1. The summed E-state index contributed by atoms with van der Waals surface area (Å²) in [5.41, 5.74) is 1.04. The Kier molecular flexibility index (Phi) is 1.51. The van der Waals surface area contributed by atoms with E-state index >= 15 is 0 Å². The summed E-state index contributed by atoms with van der Waals surface area (Å²) in [7, 11) is 0. The number of para-hydroxylation sites is 1. The van der Waals surface area contributed by atoms with Gasteiger partial charge in [0, 0.05) is 17.8 Å². The van der Waals surface area contributed by atoms with Crippen molar-refractivity contribution < 1.29 is 9.47 Å². The highest BCUT2D eigenvalue weighted by molar-refractivity contribution is 7.79. The molecule has 0 N–H and O–H groups in total. The van der Waals surface area contributed by atoms with E-state index in [1.807, 2.05) is 24.3 Å². The maximum atomic E-state index is 5.14. The van der Waals surface area contributed by atoms with E-state index in [2.05, 4.69) is 0 Å². The molecule has 0 aliphatic carbocycles. The van der Waals surface area contributed by atoms with E-state index in [4.69, 9.17) is 21.7 Å². The van der Waals surface area contributed by atoms with Gasteiger partial charge in [-0.05, 0) is 6.07 Å². The summed E-state index contributed by atoms with van der Waals surface area (Å²) in [6, 6.07) is 7.69. The number of fused-ring (bicyclic) bond motifs is 1. The second-order valence-corrected chi connectivity index (χ2v) is 2.58. The fourth-order valence-electron chi connectivity index (χ4n) is 0.979. The van der Waals surface area contributed by atoms with Gasteiger partial charge in [0.1, 0.15) is 12.4 Å². The minimum Gasteiger partial charge on any atom is -0.452 e. The third kappa shape index (κ3) is 1.19. The molecule has 0 spiro atoms. The molecule has 0 atom stereocenters. The molecular formula is C8H6O2S. The van der Waals surface area contributed by atoms with Gasteiger partial charge in [0.05, 0.1) is 0 Å². The van der Waals surface area contributed by atoms with Crippen molar-refractivity contribution in [3.8, 4) is 5.75 Å². The van der Waals surface area contributed by atoms with Gasteiger partial charge >= 0.3 is 5.24 Å². The van der Waals surface area contributed by atoms with Crippen molar-refractivity contribution in [1.82, 2.24) is 0 Å². The lowest BCUT2D eigenvalue weighted by Crippen LogP contribution is -2.16. The van der Waals surface area contributed by atoms with Gasteiger partial charge in [-0.3, -0.25) is 0 Å². The molecular weight excluding hydrogens is 160 g/mol. The number of thiocarbonyl (C=S) groups is 1. The fraction of sp³-hybridized carbons (Fsp3) is 0.125. The van der Waals surface area contributed by atoms with Gasteiger partial charge < -0.3 is 9.47 Å². The molecule has 0 fully saturated rings. The first-order valence-electron chi connectivity index (χ1n) is 3.29. The average Bonchev–Trinajstić information content (AvgIpc) is 2.04. The van der Waals surface area contributed by atoms with Gasteiger partial charge in [-0.25, -0.2) is 0 Å². The van der Waals surface area contributed by atoms with E-state index in [9.17, 15) is 0 Å². The Morgan fingerprint density at radius 3 is 3.00 bits per heavy atom. The van der Waals surface area contributed by atoms with Crippen LogP contribution in [0.1, 0.15) is 5.56 Å². The van der Waals surface area contributed by atoms with Crippen molar-refractivity contribution in [3.63, 3.8) is 0 Å². The monoisotopic (exact) mass is 166 g/mol. The topological polar surface area (TPSA) is 18.5 Å². The summed E-state index contributed by atoms with van der Waals surface area (Å²) in [6.45, 7) is 0.523. The Balaban J connectivity index is 2.41. The van der Waals surface area contributed by atoms with Gasteiger partial charge in [-0.15, -0.1) is 0 Å². The van der Waals surface area contributed by atoms with Crippen LogP contribution in [0.25, 0.3) is 0 Å². The summed E-state index contributed by atoms with van der Waals surface area (Å²) < 4.78 is 10.2. The van der Waals surface area contributed by atoms with Crippen LogP contribution in [-0.4, -0.2) is 5.24 Å². The Bertz CT molecular complexity index is 296. The number of hydrogen-bond acceptors (Lipinski definition) is 3. The fourth-order valence-corrected chi connectivity index (χ4v) is 1.13. The SMILES string of the molecule is S=C1OCc2ccccc2O1. The van der Waals surface area contributed by atoms with Crippen molar-refractivity contribution in [2.75, 3.05) is 0 Å². The van der Waals surface area contributed by atoms with Gasteiger partial charge in [-0.1, -0.05) is 18.2 Å². The van der Waals surface area contributed by atoms with Crippen LogP contribution in [0, 0.1) is 0 Å². The molecule has 0 amide bonds. The minimum absolute atomic E-state index is 0.212. The average molecular weight is 166 g/mol. The van der Waals surface area contributed by atoms with Gasteiger partial charge in [0.15, 0.2) is 0 Å². The molecule has 1 heterocycles. The molecule has 0 saturated heterocycles.